The molecule has 0 unspecified atom stereocenters. The second-order valence-electron chi connectivity index (χ2n) is 14.2. The lowest BCUT2D eigenvalue weighted by molar-refractivity contribution is 0.590. The normalized spacial score (nSPS) is 13.1. The van der Waals surface area contributed by atoms with Crippen molar-refractivity contribution in [3.63, 3.8) is 0 Å². The van der Waals surface area contributed by atoms with Gasteiger partial charge in [0.05, 0.1) is 27.4 Å². The van der Waals surface area contributed by atoms with E-state index < -0.39 is 0 Å². The van der Waals surface area contributed by atoms with Crippen molar-refractivity contribution >= 4 is 60.3 Å². The largest absolute Gasteiger partial charge is 0.456 e. The Morgan fingerprint density at radius 3 is 2.07 bits per heavy atom. The highest BCUT2D eigenvalue weighted by molar-refractivity contribution is 6.12. The Bertz CT molecular complexity index is 3590. The van der Waals surface area contributed by atoms with Gasteiger partial charge in [-0.2, -0.15) is 4.52 Å². The second kappa shape index (κ2) is 11.4. The molecule has 5 heterocycles. The van der Waals surface area contributed by atoms with Gasteiger partial charge in [-0.25, -0.2) is 19.5 Å². The molecule has 6 aromatic carbocycles. The van der Waals surface area contributed by atoms with Gasteiger partial charge in [0.15, 0.2) is 17.5 Å². The van der Waals surface area contributed by atoms with E-state index in [0.29, 0.717) is 50.4 Å². The summed E-state index contributed by atoms with van der Waals surface area (Å²) in [6.45, 7) is 0. The molecule has 0 fully saturated rings. The van der Waals surface area contributed by atoms with Crippen molar-refractivity contribution in [3.8, 4) is 33.9 Å². The average Bonchev–Trinajstić information content (AvgIpc) is 3.99. The zero-order valence-electron chi connectivity index (χ0n) is 29.6. The molecule has 0 aliphatic heterocycles. The lowest BCUT2D eigenvalue weighted by atomic mass is 9.95. The number of para-hydroxylation sites is 2. The maximum absolute atomic E-state index is 13.4. The van der Waals surface area contributed by atoms with Crippen molar-refractivity contribution in [2.45, 2.75) is 12.8 Å². The minimum absolute atomic E-state index is 0.321. The number of allylic oxidation sites excluding steroid dienone is 1. The van der Waals surface area contributed by atoms with E-state index in [4.69, 9.17) is 23.8 Å². The predicted molar refractivity (Wildman–Crippen MR) is 218 cm³/mol. The molecule has 12 rings (SSSR count). The fourth-order valence-corrected chi connectivity index (χ4v) is 8.49. The van der Waals surface area contributed by atoms with Gasteiger partial charge in [-0.3, -0.25) is 9.59 Å². The number of aromatic nitrogens is 5. The van der Waals surface area contributed by atoms with Crippen LogP contribution in [0.2, 0.25) is 0 Å². The number of aryl methyl sites for hydroxylation is 1. The number of benzene rings is 6. The van der Waals surface area contributed by atoms with Crippen molar-refractivity contribution in [3.05, 3.63) is 177 Å². The van der Waals surface area contributed by atoms with Crippen LogP contribution >= 0.6 is 0 Å². The molecule has 0 spiro atoms. The van der Waals surface area contributed by atoms with Gasteiger partial charge in [0.2, 0.25) is 0 Å². The van der Waals surface area contributed by atoms with Gasteiger partial charge in [-0.1, -0.05) is 91.0 Å². The minimum atomic E-state index is -0.331. The molecule has 1 aliphatic carbocycles. The Labute approximate surface area is 316 Å². The van der Waals surface area contributed by atoms with E-state index in [1.54, 1.807) is 16.6 Å². The quantitative estimate of drug-likeness (QED) is 0.178. The van der Waals surface area contributed by atoms with Crippen LogP contribution in [-0.4, -0.2) is 24.0 Å². The third kappa shape index (κ3) is 4.33. The topological polar surface area (TPSA) is 108 Å². The average molecular weight is 726 g/mol. The molecule has 5 aromatic heterocycles. The van der Waals surface area contributed by atoms with E-state index in [-0.39, 0.29) is 11.1 Å². The van der Waals surface area contributed by atoms with Gasteiger partial charge in [0.25, 0.3) is 11.1 Å². The molecule has 0 saturated carbocycles. The fourth-order valence-electron chi connectivity index (χ4n) is 8.49. The minimum Gasteiger partial charge on any atom is -0.456 e. The molecule has 1 aliphatic rings. The van der Waals surface area contributed by atoms with Crippen LogP contribution in [0.15, 0.2) is 158 Å². The van der Waals surface area contributed by atoms with E-state index in [2.05, 4.69) is 24.3 Å². The highest BCUT2D eigenvalue weighted by Crippen LogP contribution is 2.41. The Morgan fingerprint density at radius 1 is 0.500 bits per heavy atom. The molecule has 9 nitrogen and oxygen atoms in total. The van der Waals surface area contributed by atoms with Crippen LogP contribution in [0.1, 0.15) is 23.6 Å². The molecular weight excluding hydrogens is 699 g/mol. The maximum atomic E-state index is 13.4. The van der Waals surface area contributed by atoms with Crippen LogP contribution in [0.25, 0.3) is 94.2 Å². The van der Waals surface area contributed by atoms with E-state index in [1.807, 2.05) is 103 Å². The van der Waals surface area contributed by atoms with E-state index in [0.717, 1.165) is 68.2 Å². The standard InChI is InChI=1S/C47H27N5O4/c53-46-31-13-4-6-17-36(31)51-37-24-27(20-22-32(37)47(54)52(46)51)28-21-23-33-40(25-28)55-39-19-9-15-34(41(33)39)44-48-43(26-10-2-1-3-11-26)49-45(50-44)35-16-8-14-30-29-12-5-7-18-38(29)56-42(30)35/h1-7,9-13,15-25H,8,14H2. The Hall–Kier alpha value is -7.65. The van der Waals surface area contributed by atoms with Crippen molar-refractivity contribution < 1.29 is 8.83 Å². The van der Waals surface area contributed by atoms with Crippen LogP contribution in [0, 0.1) is 0 Å². The summed E-state index contributed by atoms with van der Waals surface area (Å²) in [5, 5.41) is 3.92. The number of hydrogen-bond acceptors (Lipinski definition) is 7. The lowest BCUT2D eigenvalue weighted by Gasteiger charge is -2.14. The SMILES string of the molecule is O=c1c2ccccc2n2c3cc(-c4ccc5c(c4)oc4cccc(-c6nc(C7=CCCc8c7oc7ccccc87)nc(-c7ccccc7)n6)c45)ccc3c(=O)n12. The van der Waals surface area contributed by atoms with E-state index in [9.17, 15) is 9.59 Å². The molecule has 0 radical (unpaired) electrons. The third-order valence-corrected chi connectivity index (χ3v) is 11.1. The maximum Gasteiger partial charge on any atom is 0.282 e. The van der Waals surface area contributed by atoms with Crippen LogP contribution in [0.3, 0.4) is 0 Å². The number of fused-ring (bicyclic) bond motifs is 11. The molecule has 0 bridgehead atoms. The molecule has 264 valence electrons. The first-order chi connectivity index (χ1) is 27.6. The monoisotopic (exact) mass is 725 g/mol. The van der Waals surface area contributed by atoms with Gasteiger partial charge in [0.1, 0.15) is 22.5 Å². The molecule has 0 N–H and O–H groups in total. The first-order valence-electron chi connectivity index (χ1n) is 18.5. The molecule has 0 atom stereocenters. The van der Waals surface area contributed by atoms with Crippen molar-refractivity contribution in [2.24, 2.45) is 0 Å². The summed E-state index contributed by atoms with van der Waals surface area (Å²) in [5.74, 6) is 2.45. The summed E-state index contributed by atoms with van der Waals surface area (Å²) in [6.07, 6.45) is 3.90. The van der Waals surface area contributed by atoms with Crippen molar-refractivity contribution in [2.75, 3.05) is 0 Å². The van der Waals surface area contributed by atoms with Crippen LogP contribution in [0.4, 0.5) is 0 Å². The van der Waals surface area contributed by atoms with Crippen LogP contribution in [-0.2, 0) is 6.42 Å². The zero-order valence-corrected chi connectivity index (χ0v) is 29.6. The summed E-state index contributed by atoms with van der Waals surface area (Å²) in [6, 6.07) is 43.1. The Kier molecular flexibility index (Phi) is 6.28. The van der Waals surface area contributed by atoms with E-state index >= 15 is 0 Å². The second-order valence-corrected chi connectivity index (χ2v) is 14.2. The molecule has 9 heteroatoms. The first-order valence-corrected chi connectivity index (χ1v) is 18.5. The number of hydrogen-bond donors (Lipinski definition) is 0. The Morgan fingerprint density at radius 2 is 1.20 bits per heavy atom. The number of furan rings is 2. The Balaban J connectivity index is 1.02. The fraction of sp³-hybridized carbons (Fsp3) is 0.0426. The number of rotatable bonds is 4. The predicted octanol–water partition coefficient (Wildman–Crippen LogP) is 9.71. The highest BCUT2D eigenvalue weighted by Gasteiger charge is 2.26. The first kappa shape index (κ1) is 30.8. The van der Waals surface area contributed by atoms with Gasteiger partial charge >= 0.3 is 0 Å². The zero-order chi connectivity index (χ0) is 37.1. The molecular formula is C47H27N5O4. The van der Waals surface area contributed by atoms with Gasteiger partial charge < -0.3 is 8.83 Å². The highest BCUT2D eigenvalue weighted by atomic mass is 16.3. The third-order valence-electron chi connectivity index (χ3n) is 11.1. The lowest BCUT2D eigenvalue weighted by Crippen LogP contribution is -2.21. The van der Waals surface area contributed by atoms with Crippen molar-refractivity contribution in [1.29, 1.82) is 0 Å². The summed E-state index contributed by atoms with van der Waals surface area (Å²) in [7, 11) is 0. The summed E-state index contributed by atoms with van der Waals surface area (Å²) < 4.78 is 15.9. The summed E-state index contributed by atoms with van der Waals surface area (Å²) in [5.41, 5.74) is 8.49. The van der Waals surface area contributed by atoms with Gasteiger partial charge in [0, 0.05) is 32.8 Å². The number of nitrogens with zero attached hydrogens (tertiary/aromatic N) is 5. The van der Waals surface area contributed by atoms with Gasteiger partial charge in [-0.05, 0) is 72.5 Å². The summed E-state index contributed by atoms with van der Waals surface area (Å²) in [4.78, 5) is 41.8. The van der Waals surface area contributed by atoms with Gasteiger partial charge in [-0.15, -0.1) is 0 Å². The van der Waals surface area contributed by atoms with E-state index in [1.165, 1.54) is 10.1 Å². The van der Waals surface area contributed by atoms with Crippen LogP contribution in [0.5, 0.6) is 0 Å². The molecule has 0 saturated heterocycles. The molecule has 11 aromatic rings. The smallest absolute Gasteiger partial charge is 0.282 e. The van der Waals surface area contributed by atoms with Crippen molar-refractivity contribution in [1.82, 2.24) is 24.0 Å². The van der Waals surface area contributed by atoms with Crippen LogP contribution < -0.4 is 11.1 Å². The molecule has 0 amide bonds. The molecule has 56 heavy (non-hydrogen) atoms. The summed E-state index contributed by atoms with van der Waals surface area (Å²) >= 11 is 0.